The highest BCUT2D eigenvalue weighted by atomic mass is 35.5. The molecule has 2 aromatic rings. The Bertz CT molecular complexity index is 786. The Kier molecular flexibility index (Phi) is 8.58. The van der Waals surface area contributed by atoms with E-state index in [4.69, 9.17) is 16.3 Å². The van der Waals surface area contributed by atoms with Crippen LogP contribution in [0.2, 0.25) is 5.02 Å². The Balaban J connectivity index is 2.07. The van der Waals surface area contributed by atoms with E-state index in [2.05, 4.69) is 18.4 Å². The van der Waals surface area contributed by atoms with Crippen LogP contribution in [0.1, 0.15) is 44.9 Å². The van der Waals surface area contributed by atoms with Crippen molar-refractivity contribution < 1.29 is 14.3 Å². The van der Waals surface area contributed by atoms with E-state index in [1.165, 1.54) is 0 Å². The van der Waals surface area contributed by atoms with Crippen LogP contribution in [-0.4, -0.2) is 34.5 Å². The summed E-state index contributed by atoms with van der Waals surface area (Å²) < 4.78 is 7.05. The second-order valence-corrected chi connectivity index (χ2v) is 7.67. The zero-order valence-corrected chi connectivity index (χ0v) is 17.6. The van der Waals surface area contributed by atoms with Gasteiger partial charge in [-0.3, -0.25) is 9.59 Å². The number of rotatable bonds is 10. The summed E-state index contributed by atoms with van der Waals surface area (Å²) in [6.45, 7) is 8.10. The first-order valence-corrected chi connectivity index (χ1v) is 10.1. The van der Waals surface area contributed by atoms with Gasteiger partial charge < -0.3 is 14.2 Å². The summed E-state index contributed by atoms with van der Waals surface area (Å²) >= 11 is 6.09. The summed E-state index contributed by atoms with van der Waals surface area (Å²) in [5.74, 6) is -0.0233. The molecule has 0 saturated carbocycles. The molecule has 2 rings (SSSR count). The van der Waals surface area contributed by atoms with Gasteiger partial charge in [0.05, 0.1) is 19.6 Å². The number of esters is 1. The summed E-state index contributed by atoms with van der Waals surface area (Å²) in [4.78, 5) is 26.1. The highest BCUT2D eigenvalue weighted by molar-refractivity contribution is 6.30. The van der Waals surface area contributed by atoms with Crippen molar-refractivity contribution in [3.63, 3.8) is 0 Å². The molecule has 0 unspecified atom stereocenters. The number of carbonyl (C=O) groups excluding carboxylic acids is 2. The van der Waals surface area contributed by atoms with Crippen molar-refractivity contribution in [1.29, 1.82) is 0 Å². The van der Waals surface area contributed by atoms with Crippen molar-refractivity contribution >= 4 is 23.5 Å². The van der Waals surface area contributed by atoms with E-state index in [-0.39, 0.29) is 24.7 Å². The van der Waals surface area contributed by atoms with Gasteiger partial charge in [-0.05, 0) is 42.7 Å². The van der Waals surface area contributed by atoms with Crippen LogP contribution in [0.5, 0.6) is 0 Å². The molecular weight excluding hydrogens is 376 g/mol. The predicted octanol–water partition coefficient (Wildman–Crippen LogP) is 4.52. The second kappa shape index (κ2) is 10.9. The molecule has 0 aliphatic rings. The first-order chi connectivity index (χ1) is 13.4. The largest absolute Gasteiger partial charge is 0.466 e. The van der Waals surface area contributed by atoms with Gasteiger partial charge >= 0.3 is 5.97 Å². The van der Waals surface area contributed by atoms with E-state index < -0.39 is 0 Å². The minimum absolute atomic E-state index is 0.0303. The SMILES string of the molecule is CCOC(=O)CCC(=O)N(Cc1cccn1Cc1cccc(Cl)c1)CC(C)C. The maximum Gasteiger partial charge on any atom is 0.306 e. The van der Waals surface area contributed by atoms with Crippen molar-refractivity contribution in [3.8, 4) is 0 Å². The lowest BCUT2D eigenvalue weighted by Crippen LogP contribution is -2.34. The van der Waals surface area contributed by atoms with Crippen LogP contribution in [0.15, 0.2) is 42.6 Å². The molecule has 1 aromatic carbocycles. The van der Waals surface area contributed by atoms with Gasteiger partial charge in [0.1, 0.15) is 0 Å². The minimum atomic E-state index is -0.329. The Morgan fingerprint density at radius 3 is 2.64 bits per heavy atom. The molecule has 0 fully saturated rings. The summed E-state index contributed by atoms with van der Waals surface area (Å²) in [6.07, 6.45) is 2.29. The number of benzene rings is 1. The second-order valence-electron chi connectivity index (χ2n) is 7.23. The van der Waals surface area contributed by atoms with Crippen LogP contribution in [-0.2, 0) is 27.4 Å². The molecule has 0 bridgehead atoms. The Morgan fingerprint density at radius 2 is 1.96 bits per heavy atom. The lowest BCUT2D eigenvalue weighted by atomic mass is 10.1. The Morgan fingerprint density at radius 1 is 1.18 bits per heavy atom. The fourth-order valence-corrected chi connectivity index (χ4v) is 3.28. The molecule has 0 atom stereocenters. The summed E-state index contributed by atoms with van der Waals surface area (Å²) in [5, 5.41) is 0.710. The quantitative estimate of drug-likeness (QED) is 0.547. The van der Waals surface area contributed by atoms with Crippen LogP contribution in [0, 0.1) is 5.92 Å². The number of halogens is 1. The zero-order chi connectivity index (χ0) is 20.5. The van der Waals surface area contributed by atoms with E-state index >= 15 is 0 Å². The third kappa shape index (κ3) is 7.04. The molecule has 6 heteroatoms. The predicted molar refractivity (Wildman–Crippen MR) is 111 cm³/mol. The molecule has 1 heterocycles. The highest BCUT2D eigenvalue weighted by Gasteiger charge is 2.18. The molecule has 0 aliphatic heterocycles. The van der Waals surface area contributed by atoms with Gasteiger partial charge in [0.2, 0.25) is 5.91 Å². The first-order valence-electron chi connectivity index (χ1n) is 9.71. The monoisotopic (exact) mass is 404 g/mol. The number of carbonyl (C=O) groups is 2. The number of nitrogens with zero attached hydrogens (tertiary/aromatic N) is 2. The van der Waals surface area contributed by atoms with Gasteiger partial charge in [0, 0.05) is 36.4 Å². The topological polar surface area (TPSA) is 51.5 Å². The molecule has 5 nitrogen and oxygen atoms in total. The van der Waals surface area contributed by atoms with E-state index in [0.717, 1.165) is 11.3 Å². The molecule has 0 spiro atoms. The summed E-state index contributed by atoms with van der Waals surface area (Å²) in [5.41, 5.74) is 2.15. The first kappa shape index (κ1) is 22.0. The Labute approximate surface area is 172 Å². The molecule has 1 amide bonds. The van der Waals surface area contributed by atoms with Crippen molar-refractivity contribution in [3.05, 3.63) is 58.9 Å². The molecule has 152 valence electrons. The van der Waals surface area contributed by atoms with Crippen molar-refractivity contribution in [2.75, 3.05) is 13.2 Å². The number of hydrogen-bond donors (Lipinski definition) is 0. The van der Waals surface area contributed by atoms with Crippen LogP contribution < -0.4 is 0 Å². The van der Waals surface area contributed by atoms with Gasteiger partial charge in [-0.1, -0.05) is 37.6 Å². The standard InChI is InChI=1S/C22H29ClN2O3/c1-4-28-22(27)11-10-21(26)25(14-17(2)3)16-20-9-6-12-24(20)15-18-7-5-8-19(23)13-18/h5-9,12-13,17H,4,10-11,14-16H2,1-3H3. The molecule has 1 aromatic heterocycles. The smallest absolute Gasteiger partial charge is 0.306 e. The van der Waals surface area contributed by atoms with Crippen LogP contribution in [0.25, 0.3) is 0 Å². The molecule has 0 saturated heterocycles. The average Bonchev–Trinajstić information content (AvgIpc) is 3.06. The zero-order valence-electron chi connectivity index (χ0n) is 16.9. The van der Waals surface area contributed by atoms with Crippen molar-refractivity contribution in [2.24, 2.45) is 5.92 Å². The fraction of sp³-hybridized carbons (Fsp3) is 0.455. The molecule has 0 N–H and O–H groups in total. The third-order valence-electron chi connectivity index (χ3n) is 4.30. The van der Waals surface area contributed by atoms with E-state index in [1.807, 2.05) is 47.5 Å². The van der Waals surface area contributed by atoms with Gasteiger partial charge in [0.15, 0.2) is 0 Å². The number of amides is 1. The van der Waals surface area contributed by atoms with Crippen molar-refractivity contribution in [2.45, 2.75) is 46.7 Å². The maximum atomic E-state index is 12.7. The highest BCUT2D eigenvalue weighted by Crippen LogP contribution is 2.16. The molecule has 0 aliphatic carbocycles. The maximum absolute atomic E-state index is 12.7. The van der Waals surface area contributed by atoms with E-state index in [1.54, 1.807) is 6.92 Å². The summed E-state index contributed by atoms with van der Waals surface area (Å²) in [7, 11) is 0. The van der Waals surface area contributed by atoms with Gasteiger partial charge in [-0.25, -0.2) is 0 Å². The molecule has 0 radical (unpaired) electrons. The van der Waals surface area contributed by atoms with E-state index in [9.17, 15) is 9.59 Å². The fourth-order valence-electron chi connectivity index (χ4n) is 3.07. The van der Waals surface area contributed by atoms with Crippen LogP contribution in [0.3, 0.4) is 0 Å². The number of aromatic nitrogens is 1. The van der Waals surface area contributed by atoms with Crippen LogP contribution in [0.4, 0.5) is 0 Å². The summed E-state index contributed by atoms with van der Waals surface area (Å²) in [6, 6.07) is 11.8. The minimum Gasteiger partial charge on any atom is -0.466 e. The number of hydrogen-bond acceptors (Lipinski definition) is 3. The lowest BCUT2D eigenvalue weighted by molar-refractivity contribution is -0.145. The lowest BCUT2D eigenvalue weighted by Gasteiger charge is -2.25. The van der Waals surface area contributed by atoms with Crippen molar-refractivity contribution in [1.82, 2.24) is 9.47 Å². The number of ether oxygens (including phenoxy) is 1. The Hall–Kier alpha value is -2.27. The van der Waals surface area contributed by atoms with Gasteiger partial charge in [-0.2, -0.15) is 0 Å². The molecular formula is C22H29ClN2O3. The van der Waals surface area contributed by atoms with Gasteiger partial charge in [0.25, 0.3) is 0 Å². The average molecular weight is 405 g/mol. The van der Waals surface area contributed by atoms with Crippen LogP contribution >= 0.6 is 11.6 Å². The third-order valence-corrected chi connectivity index (χ3v) is 4.54. The molecule has 28 heavy (non-hydrogen) atoms. The normalized spacial score (nSPS) is 10.9. The van der Waals surface area contributed by atoms with E-state index in [0.29, 0.717) is 37.2 Å². The van der Waals surface area contributed by atoms with Gasteiger partial charge in [-0.15, -0.1) is 0 Å².